The molecule has 0 N–H and O–H groups in total. The molecule has 4 aromatic rings. The third kappa shape index (κ3) is 13.7. The van der Waals surface area contributed by atoms with Crippen molar-refractivity contribution in [1.29, 1.82) is 0 Å². The van der Waals surface area contributed by atoms with E-state index in [9.17, 15) is 0 Å². The van der Waals surface area contributed by atoms with Crippen molar-refractivity contribution in [3.63, 3.8) is 0 Å². The van der Waals surface area contributed by atoms with Crippen LogP contribution in [0.2, 0.25) is 0 Å². The molecule has 0 amide bonds. The number of anilines is 2. The minimum atomic E-state index is 0.832. The van der Waals surface area contributed by atoms with Crippen LogP contribution >= 0.6 is 11.7 Å². The highest BCUT2D eigenvalue weighted by Gasteiger charge is 2.10. The van der Waals surface area contributed by atoms with Gasteiger partial charge in [-0.15, -0.1) is 0 Å². The second-order valence-corrected chi connectivity index (χ2v) is 14.5. The SMILES string of the molecule is CCCCCCN(CCCCCC)c1ccc(C#Cc2ccc(C#Cc3ccc(N(CCCCCC)CCCCCC)cc3)c3nsnc23)cc1. The van der Waals surface area contributed by atoms with Gasteiger partial charge < -0.3 is 9.80 Å². The van der Waals surface area contributed by atoms with Gasteiger partial charge in [0, 0.05) is 48.7 Å². The monoisotopic (exact) mass is 702 g/mol. The van der Waals surface area contributed by atoms with Gasteiger partial charge in [0.15, 0.2) is 0 Å². The minimum Gasteiger partial charge on any atom is -0.372 e. The van der Waals surface area contributed by atoms with E-state index in [1.165, 1.54) is 126 Å². The first-order valence-corrected chi connectivity index (χ1v) is 20.9. The first-order chi connectivity index (χ1) is 25.2. The third-order valence-corrected chi connectivity index (χ3v) is 10.2. The predicted molar refractivity (Wildman–Crippen MR) is 223 cm³/mol. The topological polar surface area (TPSA) is 32.3 Å². The van der Waals surface area contributed by atoms with Crippen molar-refractivity contribution in [2.24, 2.45) is 0 Å². The van der Waals surface area contributed by atoms with E-state index in [2.05, 4.69) is 118 Å². The lowest BCUT2D eigenvalue weighted by molar-refractivity contribution is 0.609. The first-order valence-electron chi connectivity index (χ1n) is 20.2. The molecule has 272 valence electrons. The van der Waals surface area contributed by atoms with Crippen LogP contribution in [0.5, 0.6) is 0 Å². The highest BCUT2D eigenvalue weighted by molar-refractivity contribution is 7.00. The molecule has 3 aromatic carbocycles. The summed E-state index contributed by atoms with van der Waals surface area (Å²) in [4.78, 5) is 5.14. The highest BCUT2D eigenvalue weighted by Crippen LogP contribution is 2.22. The van der Waals surface area contributed by atoms with Crippen molar-refractivity contribution in [2.45, 2.75) is 130 Å². The second kappa shape index (κ2) is 23.6. The predicted octanol–water partition coefficient (Wildman–Crippen LogP) is 12.4. The van der Waals surface area contributed by atoms with Gasteiger partial charge in [-0.25, -0.2) is 0 Å². The maximum absolute atomic E-state index is 4.62. The molecular weight excluding hydrogens is 641 g/mol. The number of fused-ring (bicyclic) bond motifs is 1. The van der Waals surface area contributed by atoms with E-state index < -0.39 is 0 Å². The summed E-state index contributed by atoms with van der Waals surface area (Å²) in [6.07, 6.45) is 20.6. The summed E-state index contributed by atoms with van der Waals surface area (Å²) in [5.41, 5.74) is 8.09. The van der Waals surface area contributed by atoms with Crippen LogP contribution in [-0.2, 0) is 0 Å². The Morgan fingerprint density at radius 1 is 0.412 bits per heavy atom. The highest BCUT2D eigenvalue weighted by atomic mass is 32.1. The van der Waals surface area contributed by atoms with Gasteiger partial charge in [0.05, 0.1) is 22.9 Å². The van der Waals surface area contributed by atoms with E-state index in [1.807, 2.05) is 12.1 Å². The van der Waals surface area contributed by atoms with Crippen molar-refractivity contribution < 1.29 is 0 Å². The molecule has 0 aliphatic carbocycles. The van der Waals surface area contributed by atoms with Crippen molar-refractivity contribution >= 4 is 34.1 Å². The molecule has 0 unspecified atom stereocenters. The molecule has 0 saturated heterocycles. The Kier molecular flexibility index (Phi) is 18.5. The summed E-state index contributed by atoms with van der Waals surface area (Å²) < 4.78 is 9.24. The Hall–Kier alpha value is -3.80. The van der Waals surface area contributed by atoms with Gasteiger partial charge in [-0.2, -0.15) is 8.75 Å². The summed E-state index contributed by atoms with van der Waals surface area (Å²) in [5.74, 6) is 13.5. The summed E-state index contributed by atoms with van der Waals surface area (Å²) in [6.45, 7) is 13.6. The Labute approximate surface area is 314 Å². The molecule has 0 aliphatic rings. The normalized spacial score (nSPS) is 10.8. The zero-order valence-electron chi connectivity index (χ0n) is 32.1. The van der Waals surface area contributed by atoms with Crippen LogP contribution in [0.15, 0.2) is 60.7 Å². The van der Waals surface area contributed by atoms with Crippen molar-refractivity contribution in [1.82, 2.24) is 8.75 Å². The molecule has 1 heterocycles. The van der Waals surface area contributed by atoms with Gasteiger partial charge in [-0.1, -0.05) is 128 Å². The molecule has 0 spiro atoms. The summed E-state index contributed by atoms with van der Waals surface area (Å²) in [7, 11) is 0. The van der Waals surface area contributed by atoms with Crippen molar-refractivity contribution in [3.05, 3.63) is 82.9 Å². The van der Waals surface area contributed by atoms with Gasteiger partial charge >= 0.3 is 0 Å². The molecule has 1 aromatic heterocycles. The van der Waals surface area contributed by atoms with Crippen LogP contribution in [0.1, 0.15) is 153 Å². The lowest BCUT2D eigenvalue weighted by Crippen LogP contribution is -2.25. The quantitative estimate of drug-likeness (QED) is 0.0603. The van der Waals surface area contributed by atoms with E-state index in [0.29, 0.717) is 0 Å². The number of benzene rings is 3. The van der Waals surface area contributed by atoms with Crippen LogP contribution in [0.4, 0.5) is 11.4 Å². The molecule has 0 bridgehead atoms. The van der Waals surface area contributed by atoms with Crippen LogP contribution in [-0.4, -0.2) is 34.9 Å². The number of hydrogen-bond acceptors (Lipinski definition) is 5. The molecule has 51 heavy (non-hydrogen) atoms. The van der Waals surface area contributed by atoms with Gasteiger partial charge in [0.2, 0.25) is 0 Å². The Bertz CT molecular complexity index is 1520. The minimum absolute atomic E-state index is 0.832. The standard InChI is InChI=1S/C46H62N4S/c1-5-9-13-17-35-49(36-18-14-10-6-2)43-31-23-39(24-32-43)21-27-41-29-30-42(46-45(41)47-51-48-46)28-22-40-25-33-44(34-26-40)50(37-19-15-11-7-3)38-20-16-12-8-4/h23-26,29-34H,5-20,35-38H2,1-4H3. The van der Waals surface area contributed by atoms with Crippen molar-refractivity contribution in [2.75, 3.05) is 36.0 Å². The molecule has 0 radical (unpaired) electrons. The largest absolute Gasteiger partial charge is 0.372 e. The number of rotatable bonds is 22. The van der Waals surface area contributed by atoms with E-state index in [4.69, 9.17) is 0 Å². The molecule has 4 rings (SSSR count). The molecule has 0 atom stereocenters. The van der Waals surface area contributed by atoms with Gasteiger partial charge in [-0.05, 0) is 86.3 Å². The maximum atomic E-state index is 4.62. The molecular formula is C46H62N4S. The van der Waals surface area contributed by atoms with Crippen LogP contribution < -0.4 is 9.80 Å². The molecule has 0 saturated carbocycles. The van der Waals surface area contributed by atoms with Crippen molar-refractivity contribution in [3.8, 4) is 23.7 Å². The third-order valence-electron chi connectivity index (χ3n) is 9.69. The summed E-state index contributed by atoms with van der Waals surface area (Å²) >= 11 is 1.23. The molecule has 5 heteroatoms. The lowest BCUT2D eigenvalue weighted by atomic mass is 10.1. The smallest absolute Gasteiger partial charge is 0.121 e. The van der Waals surface area contributed by atoms with E-state index in [1.54, 1.807) is 0 Å². The molecule has 0 aliphatic heterocycles. The number of nitrogens with zero attached hydrogens (tertiary/aromatic N) is 4. The van der Waals surface area contributed by atoms with Crippen LogP contribution in [0.25, 0.3) is 11.0 Å². The van der Waals surface area contributed by atoms with Gasteiger partial charge in [0.1, 0.15) is 11.0 Å². The zero-order valence-corrected chi connectivity index (χ0v) is 32.9. The van der Waals surface area contributed by atoms with Crippen LogP contribution in [0.3, 0.4) is 0 Å². The summed E-state index contributed by atoms with van der Waals surface area (Å²) in [6, 6.07) is 21.7. The second-order valence-electron chi connectivity index (χ2n) is 13.9. The van der Waals surface area contributed by atoms with E-state index in [-0.39, 0.29) is 0 Å². The fourth-order valence-electron chi connectivity index (χ4n) is 6.52. The fraction of sp³-hybridized carbons (Fsp3) is 0.522. The average Bonchev–Trinajstić information content (AvgIpc) is 3.67. The lowest BCUT2D eigenvalue weighted by Gasteiger charge is -2.25. The van der Waals surface area contributed by atoms with Gasteiger partial charge in [0.25, 0.3) is 0 Å². The Morgan fingerprint density at radius 2 is 0.745 bits per heavy atom. The number of aromatic nitrogens is 2. The Morgan fingerprint density at radius 3 is 1.06 bits per heavy atom. The number of unbranched alkanes of at least 4 members (excludes halogenated alkanes) is 12. The Balaban J connectivity index is 1.43. The molecule has 0 fully saturated rings. The van der Waals surface area contributed by atoms with E-state index >= 15 is 0 Å². The maximum Gasteiger partial charge on any atom is 0.121 e. The van der Waals surface area contributed by atoms with Crippen LogP contribution in [0, 0.1) is 23.7 Å². The molecule has 4 nitrogen and oxygen atoms in total. The van der Waals surface area contributed by atoms with E-state index in [0.717, 1.165) is 59.5 Å². The number of hydrogen-bond donors (Lipinski definition) is 0. The summed E-state index contributed by atoms with van der Waals surface area (Å²) in [5, 5.41) is 0. The average molecular weight is 703 g/mol. The first kappa shape index (κ1) is 40.0. The van der Waals surface area contributed by atoms with Gasteiger partial charge in [-0.3, -0.25) is 0 Å². The fourth-order valence-corrected chi connectivity index (χ4v) is 7.09. The zero-order chi connectivity index (χ0) is 35.9.